The predicted octanol–water partition coefficient (Wildman–Crippen LogP) is 2.32. The maximum Gasteiger partial charge on any atom is 0.230 e. The van der Waals surface area contributed by atoms with Crippen molar-refractivity contribution in [2.45, 2.75) is 6.42 Å². The molecule has 5 N–H and O–H groups in total. The molecule has 2 aromatic carbocycles. The lowest BCUT2D eigenvalue weighted by Crippen LogP contribution is -2.18. The molecular formula is C19H14N6O. The number of carbonyl (C=O) groups excluding carboxylic acids is 1. The van der Waals surface area contributed by atoms with Gasteiger partial charge in [-0.05, 0) is 11.5 Å². The number of hydrogen-bond acceptors (Lipinski definition) is 6. The van der Waals surface area contributed by atoms with Gasteiger partial charge in [-0.15, -0.1) is 0 Å². The van der Waals surface area contributed by atoms with E-state index in [2.05, 4.69) is 10.3 Å². The summed E-state index contributed by atoms with van der Waals surface area (Å²) in [4.78, 5) is 16.5. The van der Waals surface area contributed by atoms with E-state index in [4.69, 9.17) is 16.7 Å². The van der Waals surface area contributed by atoms with Crippen LogP contribution in [0, 0.1) is 22.7 Å². The number of nitriles is 2. The minimum Gasteiger partial charge on any atom is -0.396 e. The van der Waals surface area contributed by atoms with Gasteiger partial charge in [-0.2, -0.15) is 10.5 Å². The van der Waals surface area contributed by atoms with E-state index in [1.807, 2.05) is 48.5 Å². The Morgan fingerprint density at radius 1 is 1.04 bits per heavy atom. The quantitative estimate of drug-likeness (QED) is 0.667. The minimum absolute atomic E-state index is 0.0104. The molecule has 7 nitrogen and oxygen atoms in total. The number of benzene rings is 2. The molecule has 0 aliphatic heterocycles. The van der Waals surface area contributed by atoms with Gasteiger partial charge in [0.25, 0.3) is 0 Å². The largest absolute Gasteiger partial charge is 0.396 e. The van der Waals surface area contributed by atoms with Crippen molar-refractivity contribution in [1.82, 2.24) is 4.98 Å². The second-order valence-corrected chi connectivity index (χ2v) is 5.58. The standard InChI is InChI=1S/C19H14N6O/c20-9-13-16(25-19(23)14(10-21)18(13)22)8-17(26)24-15-7-3-5-11-4-1-2-6-12(11)15/h1-7H,8H2,(H,24,26)(H4,22,23,25). The number of carbonyl (C=O) groups is 1. The Labute approximate surface area is 149 Å². The van der Waals surface area contributed by atoms with Gasteiger partial charge in [0.15, 0.2) is 0 Å². The lowest BCUT2D eigenvalue weighted by molar-refractivity contribution is -0.115. The average Bonchev–Trinajstić information content (AvgIpc) is 2.62. The van der Waals surface area contributed by atoms with Crippen LogP contribution in [0.15, 0.2) is 42.5 Å². The normalized spacial score (nSPS) is 10.1. The molecule has 7 heteroatoms. The van der Waals surface area contributed by atoms with Gasteiger partial charge in [0, 0.05) is 11.1 Å². The molecular weight excluding hydrogens is 328 g/mol. The van der Waals surface area contributed by atoms with Gasteiger partial charge in [0.2, 0.25) is 5.91 Å². The smallest absolute Gasteiger partial charge is 0.230 e. The lowest BCUT2D eigenvalue weighted by atomic mass is 10.1. The van der Waals surface area contributed by atoms with Crippen LogP contribution in [0.2, 0.25) is 0 Å². The molecule has 0 saturated heterocycles. The summed E-state index contributed by atoms with van der Waals surface area (Å²) in [5, 5.41) is 23.1. The Hall–Kier alpha value is -4.10. The zero-order valence-electron chi connectivity index (χ0n) is 13.7. The van der Waals surface area contributed by atoms with E-state index >= 15 is 0 Å². The third-order valence-corrected chi connectivity index (χ3v) is 3.95. The number of aromatic nitrogens is 1. The van der Waals surface area contributed by atoms with Crippen molar-refractivity contribution < 1.29 is 4.79 Å². The van der Waals surface area contributed by atoms with E-state index in [9.17, 15) is 10.1 Å². The summed E-state index contributed by atoms with van der Waals surface area (Å²) in [6, 6.07) is 16.9. The fourth-order valence-corrected chi connectivity index (χ4v) is 2.73. The van der Waals surface area contributed by atoms with Gasteiger partial charge in [0.1, 0.15) is 23.5 Å². The number of nitrogens with one attached hydrogen (secondary N) is 1. The first-order chi connectivity index (χ1) is 12.5. The maximum absolute atomic E-state index is 12.5. The molecule has 0 aliphatic rings. The highest BCUT2D eigenvalue weighted by Gasteiger charge is 2.18. The highest BCUT2D eigenvalue weighted by Crippen LogP contribution is 2.25. The Kier molecular flexibility index (Phi) is 4.38. The Morgan fingerprint density at radius 2 is 1.73 bits per heavy atom. The molecule has 126 valence electrons. The molecule has 0 unspecified atom stereocenters. The molecule has 3 rings (SSSR count). The number of nitrogens with zero attached hydrogens (tertiary/aromatic N) is 3. The number of rotatable bonds is 3. The summed E-state index contributed by atoms with van der Waals surface area (Å²) in [5.74, 6) is -0.467. The van der Waals surface area contributed by atoms with E-state index in [-0.39, 0.29) is 40.7 Å². The Balaban J connectivity index is 1.92. The van der Waals surface area contributed by atoms with Gasteiger partial charge >= 0.3 is 0 Å². The number of anilines is 3. The van der Waals surface area contributed by atoms with Crippen LogP contribution in [0.5, 0.6) is 0 Å². The molecule has 0 fully saturated rings. The van der Waals surface area contributed by atoms with Gasteiger partial charge in [-0.3, -0.25) is 4.79 Å². The van der Waals surface area contributed by atoms with E-state index < -0.39 is 0 Å². The SMILES string of the molecule is N#Cc1c(N)nc(CC(=O)Nc2cccc3ccccc23)c(C#N)c1N. The Morgan fingerprint density at radius 3 is 2.46 bits per heavy atom. The third-order valence-electron chi connectivity index (χ3n) is 3.95. The second kappa shape index (κ2) is 6.80. The van der Waals surface area contributed by atoms with Crippen LogP contribution in [0.3, 0.4) is 0 Å². The van der Waals surface area contributed by atoms with E-state index in [0.29, 0.717) is 5.69 Å². The summed E-state index contributed by atoms with van der Waals surface area (Å²) in [6.07, 6.45) is -0.188. The van der Waals surface area contributed by atoms with Crippen molar-refractivity contribution >= 4 is 33.9 Å². The fraction of sp³-hybridized carbons (Fsp3) is 0.0526. The number of pyridine rings is 1. The van der Waals surface area contributed by atoms with Crippen molar-refractivity contribution in [2.24, 2.45) is 0 Å². The van der Waals surface area contributed by atoms with E-state index in [1.165, 1.54) is 0 Å². The molecule has 1 amide bonds. The number of nitrogens with two attached hydrogens (primary N) is 2. The molecule has 1 aromatic heterocycles. The average molecular weight is 342 g/mol. The van der Waals surface area contributed by atoms with Gasteiger partial charge in [-0.1, -0.05) is 36.4 Å². The predicted molar refractivity (Wildman–Crippen MR) is 98.8 cm³/mol. The third kappa shape index (κ3) is 2.97. The topological polar surface area (TPSA) is 142 Å². The summed E-state index contributed by atoms with van der Waals surface area (Å²) in [5.41, 5.74) is 12.2. The molecule has 3 aromatic rings. The molecule has 0 bridgehead atoms. The van der Waals surface area contributed by atoms with Crippen molar-refractivity contribution in [3.63, 3.8) is 0 Å². The van der Waals surface area contributed by atoms with Crippen molar-refractivity contribution in [2.75, 3.05) is 16.8 Å². The summed E-state index contributed by atoms with van der Waals surface area (Å²) in [6.45, 7) is 0. The van der Waals surface area contributed by atoms with Crippen LogP contribution in [-0.4, -0.2) is 10.9 Å². The molecule has 0 atom stereocenters. The molecule has 0 radical (unpaired) electrons. The zero-order chi connectivity index (χ0) is 18.7. The van der Waals surface area contributed by atoms with Crippen LogP contribution in [0.25, 0.3) is 10.8 Å². The van der Waals surface area contributed by atoms with Crippen molar-refractivity contribution in [3.05, 3.63) is 59.3 Å². The Bertz CT molecular complexity index is 1100. The summed E-state index contributed by atoms with van der Waals surface area (Å²) >= 11 is 0. The maximum atomic E-state index is 12.5. The zero-order valence-corrected chi connectivity index (χ0v) is 13.7. The highest BCUT2D eigenvalue weighted by molar-refractivity contribution is 6.02. The second-order valence-electron chi connectivity index (χ2n) is 5.58. The monoisotopic (exact) mass is 342 g/mol. The van der Waals surface area contributed by atoms with Gasteiger partial charge in [0.05, 0.1) is 23.4 Å². The van der Waals surface area contributed by atoms with Crippen LogP contribution < -0.4 is 16.8 Å². The van der Waals surface area contributed by atoms with E-state index in [0.717, 1.165) is 10.8 Å². The molecule has 26 heavy (non-hydrogen) atoms. The first kappa shape index (κ1) is 16.7. The summed E-state index contributed by atoms with van der Waals surface area (Å²) < 4.78 is 0. The number of nitrogen functional groups attached to an aromatic ring is 2. The van der Waals surface area contributed by atoms with Crippen molar-refractivity contribution in [1.29, 1.82) is 10.5 Å². The lowest BCUT2D eigenvalue weighted by Gasteiger charge is -2.11. The molecule has 0 aliphatic carbocycles. The van der Waals surface area contributed by atoms with Gasteiger partial charge in [-0.25, -0.2) is 4.98 Å². The van der Waals surface area contributed by atoms with Crippen LogP contribution in [0.4, 0.5) is 17.2 Å². The number of hydrogen-bond donors (Lipinski definition) is 3. The fourth-order valence-electron chi connectivity index (χ4n) is 2.73. The number of fused-ring (bicyclic) bond motifs is 1. The summed E-state index contributed by atoms with van der Waals surface area (Å²) in [7, 11) is 0. The van der Waals surface area contributed by atoms with Gasteiger partial charge < -0.3 is 16.8 Å². The first-order valence-electron chi connectivity index (χ1n) is 7.70. The molecule has 0 saturated carbocycles. The first-order valence-corrected chi connectivity index (χ1v) is 7.70. The molecule has 1 heterocycles. The van der Waals surface area contributed by atoms with Crippen molar-refractivity contribution in [3.8, 4) is 12.1 Å². The van der Waals surface area contributed by atoms with Crippen LogP contribution in [0.1, 0.15) is 16.8 Å². The van der Waals surface area contributed by atoms with E-state index in [1.54, 1.807) is 6.07 Å². The van der Waals surface area contributed by atoms with Crippen LogP contribution in [-0.2, 0) is 11.2 Å². The number of amides is 1. The minimum atomic E-state index is -0.367. The van der Waals surface area contributed by atoms with Crippen LogP contribution >= 0.6 is 0 Å². The molecule has 0 spiro atoms. The highest BCUT2D eigenvalue weighted by atomic mass is 16.1.